The molecule has 0 saturated heterocycles. The number of carbonyl (C=O) groups excluding carboxylic acids is 1. The molecule has 1 aliphatic rings. The second kappa shape index (κ2) is 5.24. The summed E-state index contributed by atoms with van der Waals surface area (Å²) < 4.78 is 0. The molecule has 4 atom stereocenters. The lowest BCUT2D eigenvalue weighted by atomic mass is 9.80. The predicted molar refractivity (Wildman–Crippen MR) is 81.7 cm³/mol. The molecule has 0 amide bonds. The highest BCUT2D eigenvalue weighted by molar-refractivity contribution is 5.91. The first-order valence-corrected chi connectivity index (χ1v) is 7.33. The van der Waals surface area contributed by atoms with Gasteiger partial charge in [-0.2, -0.15) is 0 Å². The molecule has 102 valence electrons. The summed E-state index contributed by atoms with van der Waals surface area (Å²) in [4.78, 5) is 12.7. The van der Waals surface area contributed by atoms with Crippen molar-refractivity contribution in [2.75, 3.05) is 0 Å². The van der Waals surface area contributed by atoms with Crippen LogP contribution < -0.4 is 0 Å². The first-order valence-electron chi connectivity index (χ1n) is 7.33. The van der Waals surface area contributed by atoms with Crippen molar-refractivity contribution in [1.82, 2.24) is 0 Å². The van der Waals surface area contributed by atoms with Gasteiger partial charge in [-0.05, 0) is 17.0 Å². The summed E-state index contributed by atoms with van der Waals surface area (Å²) in [7, 11) is 0. The van der Waals surface area contributed by atoms with Crippen LogP contribution in [0, 0.1) is 11.8 Å². The van der Waals surface area contributed by atoms with Gasteiger partial charge in [-0.15, -0.1) is 0 Å². The Bertz CT molecular complexity index is 588. The number of benzene rings is 2. The van der Waals surface area contributed by atoms with E-state index in [1.54, 1.807) is 0 Å². The molecule has 1 heteroatoms. The van der Waals surface area contributed by atoms with Gasteiger partial charge in [-0.1, -0.05) is 74.5 Å². The summed E-state index contributed by atoms with van der Waals surface area (Å²) in [5, 5.41) is 0. The van der Waals surface area contributed by atoms with Gasteiger partial charge in [0.05, 0.1) is 5.92 Å². The lowest BCUT2D eigenvalue weighted by Crippen LogP contribution is -2.13. The van der Waals surface area contributed by atoms with Crippen molar-refractivity contribution in [2.45, 2.75) is 25.7 Å². The number of ketones is 1. The quantitative estimate of drug-likeness (QED) is 0.785. The van der Waals surface area contributed by atoms with E-state index in [9.17, 15) is 4.79 Å². The van der Waals surface area contributed by atoms with Crippen molar-refractivity contribution in [3.8, 4) is 0 Å². The first kappa shape index (κ1) is 13.1. The molecule has 2 aromatic carbocycles. The molecule has 1 aliphatic carbocycles. The zero-order chi connectivity index (χ0) is 14.1. The summed E-state index contributed by atoms with van der Waals surface area (Å²) in [5.74, 6) is 1.20. The lowest BCUT2D eigenvalue weighted by molar-refractivity contribution is -0.121. The van der Waals surface area contributed by atoms with Crippen molar-refractivity contribution in [2.24, 2.45) is 11.8 Å². The summed E-state index contributed by atoms with van der Waals surface area (Å²) >= 11 is 0. The normalized spacial score (nSPS) is 29.6. The molecule has 0 aliphatic heterocycles. The van der Waals surface area contributed by atoms with E-state index in [-0.39, 0.29) is 11.8 Å². The topological polar surface area (TPSA) is 17.1 Å². The average molecular weight is 264 g/mol. The second-order valence-corrected chi connectivity index (χ2v) is 5.87. The molecule has 4 unspecified atom stereocenters. The molecule has 1 fully saturated rings. The third-order valence-electron chi connectivity index (χ3n) is 4.81. The predicted octanol–water partition coefficient (Wildman–Crippen LogP) is 4.41. The number of hydrogen-bond donors (Lipinski definition) is 0. The Morgan fingerprint density at radius 1 is 0.750 bits per heavy atom. The first-order chi connectivity index (χ1) is 9.70. The highest BCUT2D eigenvalue weighted by Crippen LogP contribution is 2.49. The maximum absolute atomic E-state index is 12.7. The van der Waals surface area contributed by atoms with E-state index in [0.29, 0.717) is 17.6 Å². The number of Topliss-reactive ketones (excluding diaryl/α,β-unsaturated/α-hetero) is 1. The van der Waals surface area contributed by atoms with Crippen molar-refractivity contribution in [3.05, 3.63) is 71.8 Å². The van der Waals surface area contributed by atoms with Crippen LogP contribution in [-0.4, -0.2) is 5.78 Å². The van der Waals surface area contributed by atoms with Crippen LogP contribution in [0.25, 0.3) is 0 Å². The van der Waals surface area contributed by atoms with E-state index >= 15 is 0 Å². The Balaban J connectivity index is 2.07. The molecular weight excluding hydrogens is 244 g/mol. The highest BCUT2D eigenvalue weighted by atomic mass is 16.1. The van der Waals surface area contributed by atoms with Gasteiger partial charge in [0.2, 0.25) is 0 Å². The van der Waals surface area contributed by atoms with Gasteiger partial charge in [0, 0.05) is 11.8 Å². The zero-order valence-corrected chi connectivity index (χ0v) is 12.0. The minimum atomic E-state index is 0.00333. The van der Waals surface area contributed by atoms with Crippen molar-refractivity contribution in [3.63, 3.8) is 0 Å². The number of rotatable bonds is 2. The van der Waals surface area contributed by atoms with Gasteiger partial charge in [0.25, 0.3) is 0 Å². The Kier molecular flexibility index (Phi) is 3.43. The number of carbonyl (C=O) groups is 1. The third kappa shape index (κ3) is 2.07. The van der Waals surface area contributed by atoms with Crippen LogP contribution in [0.2, 0.25) is 0 Å². The Morgan fingerprint density at radius 2 is 1.25 bits per heavy atom. The standard InChI is InChI=1S/C19H20O/c1-13-14(2)19(20)18(16-11-7-4-8-12-16)17(13)15-9-5-3-6-10-15/h3-14,17-18H,1-2H3. The van der Waals surface area contributed by atoms with Crippen LogP contribution in [0.3, 0.4) is 0 Å². The fourth-order valence-corrected chi connectivity index (χ4v) is 3.54. The molecule has 0 heterocycles. The number of hydrogen-bond acceptors (Lipinski definition) is 1. The van der Waals surface area contributed by atoms with Gasteiger partial charge in [-0.25, -0.2) is 0 Å². The largest absolute Gasteiger partial charge is 0.299 e. The van der Waals surface area contributed by atoms with Crippen LogP contribution in [0.5, 0.6) is 0 Å². The van der Waals surface area contributed by atoms with Crippen LogP contribution in [-0.2, 0) is 4.79 Å². The molecule has 0 N–H and O–H groups in total. The van der Waals surface area contributed by atoms with Crippen LogP contribution in [0.4, 0.5) is 0 Å². The van der Waals surface area contributed by atoms with E-state index in [0.717, 1.165) is 5.56 Å². The molecular formula is C19H20O. The van der Waals surface area contributed by atoms with Crippen molar-refractivity contribution in [1.29, 1.82) is 0 Å². The third-order valence-corrected chi connectivity index (χ3v) is 4.81. The fourth-order valence-electron chi connectivity index (χ4n) is 3.54. The Hall–Kier alpha value is -1.89. The summed E-state index contributed by atoms with van der Waals surface area (Å²) in [5.41, 5.74) is 2.44. The smallest absolute Gasteiger partial charge is 0.144 e. The van der Waals surface area contributed by atoms with E-state index < -0.39 is 0 Å². The van der Waals surface area contributed by atoms with Crippen molar-refractivity contribution >= 4 is 5.78 Å². The monoisotopic (exact) mass is 264 g/mol. The molecule has 1 nitrogen and oxygen atoms in total. The van der Waals surface area contributed by atoms with Crippen molar-refractivity contribution < 1.29 is 4.79 Å². The minimum absolute atomic E-state index is 0.00333. The van der Waals surface area contributed by atoms with E-state index in [4.69, 9.17) is 0 Å². The zero-order valence-electron chi connectivity index (χ0n) is 12.0. The van der Waals surface area contributed by atoms with Crippen LogP contribution in [0.15, 0.2) is 60.7 Å². The van der Waals surface area contributed by atoms with Gasteiger partial charge in [-0.3, -0.25) is 4.79 Å². The molecule has 0 bridgehead atoms. The average Bonchev–Trinajstić information content (AvgIpc) is 2.73. The van der Waals surface area contributed by atoms with Gasteiger partial charge in [0.15, 0.2) is 0 Å². The molecule has 20 heavy (non-hydrogen) atoms. The molecule has 0 spiro atoms. The van der Waals surface area contributed by atoms with E-state index in [1.165, 1.54) is 5.56 Å². The fraction of sp³-hybridized carbons (Fsp3) is 0.316. The van der Waals surface area contributed by atoms with E-state index in [2.05, 4.69) is 50.2 Å². The summed E-state index contributed by atoms with van der Waals surface area (Å²) in [6, 6.07) is 20.7. The van der Waals surface area contributed by atoms with Gasteiger partial charge in [0.1, 0.15) is 5.78 Å². The molecule has 0 aromatic heterocycles. The van der Waals surface area contributed by atoms with Crippen LogP contribution >= 0.6 is 0 Å². The molecule has 3 rings (SSSR count). The lowest BCUT2D eigenvalue weighted by Gasteiger charge is -2.23. The Morgan fingerprint density at radius 3 is 1.80 bits per heavy atom. The van der Waals surface area contributed by atoms with Gasteiger partial charge < -0.3 is 0 Å². The summed E-state index contributed by atoms with van der Waals surface area (Å²) in [6.07, 6.45) is 0. The maximum atomic E-state index is 12.7. The molecule has 1 saturated carbocycles. The highest BCUT2D eigenvalue weighted by Gasteiger charge is 2.46. The van der Waals surface area contributed by atoms with Gasteiger partial charge >= 0.3 is 0 Å². The molecule has 2 aromatic rings. The molecule has 0 radical (unpaired) electrons. The van der Waals surface area contributed by atoms with Crippen LogP contribution in [0.1, 0.15) is 36.8 Å². The summed E-state index contributed by atoms with van der Waals surface area (Å²) in [6.45, 7) is 4.29. The van der Waals surface area contributed by atoms with E-state index in [1.807, 2.05) is 24.3 Å². The second-order valence-electron chi connectivity index (χ2n) is 5.87. The SMILES string of the molecule is CC1C(=O)C(c2ccccc2)C(c2ccccc2)C1C. The minimum Gasteiger partial charge on any atom is -0.299 e. The maximum Gasteiger partial charge on any atom is 0.144 e. The Labute approximate surface area is 120 Å².